The zero-order chi connectivity index (χ0) is 16.9. The second-order valence-corrected chi connectivity index (χ2v) is 4.26. The van der Waals surface area contributed by atoms with Crippen LogP contribution in [0.5, 0.6) is 0 Å². The summed E-state index contributed by atoms with van der Waals surface area (Å²) < 4.78 is 0. The van der Waals surface area contributed by atoms with E-state index in [1.165, 1.54) is 13.8 Å². The normalized spacial score (nSPS) is 9.30. The van der Waals surface area contributed by atoms with E-state index in [1.807, 2.05) is 13.8 Å². The molecule has 0 bridgehead atoms. The Kier molecular flexibility index (Phi) is 14.5. The van der Waals surface area contributed by atoms with Crippen molar-refractivity contribution in [3.63, 3.8) is 0 Å². The van der Waals surface area contributed by atoms with E-state index in [4.69, 9.17) is 15.3 Å². The molecular weight excluding hydrogens is 264 g/mol. The highest BCUT2D eigenvalue weighted by atomic mass is 16.4. The van der Waals surface area contributed by atoms with Crippen molar-refractivity contribution in [2.24, 2.45) is 0 Å². The monoisotopic (exact) mass is 290 g/mol. The van der Waals surface area contributed by atoms with Crippen molar-refractivity contribution in [1.29, 1.82) is 0 Å². The molecule has 0 aliphatic rings. The molecule has 4 N–H and O–H groups in total. The van der Waals surface area contributed by atoms with Crippen molar-refractivity contribution in [3.8, 4) is 0 Å². The van der Waals surface area contributed by atoms with Crippen LogP contribution < -0.4 is 0 Å². The van der Waals surface area contributed by atoms with Gasteiger partial charge in [-0.15, -0.1) is 0 Å². The van der Waals surface area contributed by atoms with Gasteiger partial charge >= 0.3 is 11.9 Å². The number of hydrogen-bond acceptors (Lipinski definition) is 4. The molecule has 0 spiro atoms. The van der Waals surface area contributed by atoms with Crippen LogP contribution in [-0.4, -0.2) is 44.6 Å². The summed E-state index contributed by atoms with van der Waals surface area (Å²) in [6.07, 6.45) is 1.25. The molecule has 0 rings (SSSR count). The summed E-state index contributed by atoms with van der Waals surface area (Å²) in [4.78, 5) is 19.2. The summed E-state index contributed by atoms with van der Waals surface area (Å²) in [6, 6.07) is 0. The van der Waals surface area contributed by atoms with E-state index in [1.54, 1.807) is 0 Å². The number of carbonyl (C=O) groups is 2. The van der Waals surface area contributed by atoms with Crippen LogP contribution in [0.15, 0.2) is 24.3 Å². The predicted molar refractivity (Wildman–Crippen MR) is 77.5 cm³/mol. The smallest absolute Gasteiger partial charge is 0.330 e. The molecule has 0 atom stereocenters. The van der Waals surface area contributed by atoms with Gasteiger partial charge in [0.15, 0.2) is 0 Å². The molecule has 6 nitrogen and oxygen atoms in total. The van der Waals surface area contributed by atoms with Gasteiger partial charge in [0.2, 0.25) is 0 Å². The SMILES string of the molecule is C=C(C)C(=O)O.C=C(C)C(=O)O.CCC(O)(CC)CO. The van der Waals surface area contributed by atoms with E-state index in [2.05, 4.69) is 13.2 Å². The molecule has 6 heteroatoms. The average molecular weight is 290 g/mol. The fraction of sp³-hybridized carbons (Fsp3) is 0.571. The van der Waals surface area contributed by atoms with Gasteiger partial charge in [-0.05, 0) is 26.7 Å². The van der Waals surface area contributed by atoms with Crippen LogP contribution >= 0.6 is 0 Å². The maximum atomic E-state index is 9.60. The van der Waals surface area contributed by atoms with Crippen molar-refractivity contribution < 1.29 is 30.0 Å². The van der Waals surface area contributed by atoms with Crippen LogP contribution in [0.1, 0.15) is 40.5 Å². The number of carboxylic acid groups (broad SMARTS) is 2. The first-order chi connectivity index (χ1) is 8.97. The Morgan fingerprint density at radius 3 is 1.15 bits per heavy atom. The third kappa shape index (κ3) is 16.3. The summed E-state index contributed by atoms with van der Waals surface area (Å²) in [5.41, 5.74) is -0.468. The van der Waals surface area contributed by atoms with Gasteiger partial charge in [-0.1, -0.05) is 27.0 Å². The number of rotatable bonds is 5. The molecule has 0 heterocycles. The van der Waals surface area contributed by atoms with Crippen molar-refractivity contribution in [1.82, 2.24) is 0 Å². The molecule has 0 unspecified atom stereocenters. The van der Waals surface area contributed by atoms with Gasteiger partial charge in [-0.25, -0.2) is 9.59 Å². The van der Waals surface area contributed by atoms with Crippen LogP contribution in [0.3, 0.4) is 0 Å². The standard InChI is InChI=1S/C6H14O2.2C4H6O2/c1-3-6(8,4-2)5-7;2*1-3(2)4(5)6/h7-8H,3-5H2,1-2H3;2*1H2,2H3,(H,5,6). The molecule has 20 heavy (non-hydrogen) atoms. The number of hydrogen-bond donors (Lipinski definition) is 4. The van der Waals surface area contributed by atoms with Crippen LogP contribution in [0.25, 0.3) is 0 Å². The Morgan fingerprint density at radius 2 is 1.15 bits per heavy atom. The predicted octanol–water partition coefficient (Wildman–Crippen LogP) is 1.82. The highest BCUT2D eigenvalue weighted by molar-refractivity contribution is 5.85. The minimum absolute atomic E-state index is 0.125. The van der Waals surface area contributed by atoms with Crippen molar-refractivity contribution in [3.05, 3.63) is 24.3 Å². The lowest BCUT2D eigenvalue weighted by molar-refractivity contribution is -0.133. The van der Waals surface area contributed by atoms with Gasteiger partial charge in [-0.2, -0.15) is 0 Å². The highest BCUT2D eigenvalue weighted by Crippen LogP contribution is 2.11. The Morgan fingerprint density at radius 1 is 0.950 bits per heavy atom. The molecule has 0 amide bonds. The quantitative estimate of drug-likeness (QED) is 0.574. The van der Waals surface area contributed by atoms with E-state index >= 15 is 0 Å². The number of aliphatic hydroxyl groups excluding tert-OH is 1. The molecule has 0 aromatic rings. The number of aliphatic carboxylic acids is 2. The first kappa shape index (κ1) is 23.4. The van der Waals surface area contributed by atoms with Gasteiger partial charge in [0.1, 0.15) is 0 Å². The molecule has 0 saturated heterocycles. The number of carboxylic acids is 2. The fourth-order valence-corrected chi connectivity index (χ4v) is 0.474. The molecule has 118 valence electrons. The van der Waals surface area contributed by atoms with E-state index in [-0.39, 0.29) is 17.8 Å². The third-order valence-corrected chi connectivity index (χ3v) is 2.34. The zero-order valence-corrected chi connectivity index (χ0v) is 12.6. The second-order valence-electron chi connectivity index (χ2n) is 4.26. The molecule has 0 fully saturated rings. The Labute approximate surface area is 120 Å². The topological polar surface area (TPSA) is 115 Å². The second kappa shape index (κ2) is 12.4. The lowest BCUT2D eigenvalue weighted by Crippen LogP contribution is -2.30. The molecular formula is C14H26O6. The average Bonchev–Trinajstić information content (AvgIpc) is 2.39. The largest absolute Gasteiger partial charge is 0.478 e. The molecule has 0 aliphatic carbocycles. The number of aliphatic hydroxyl groups is 2. The maximum Gasteiger partial charge on any atom is 0.330 e. The van der Waals surface area contributed by atoms with Gasteiger partial charge in [-0.3, -0.25) is 0 Å². The maximum absolute atomic E-state index is 9.60. The highest BCUT2D eigenvalue weighted by Gasteiger charge is 2.19. The van der Waals surface area contributed by atoms with Crippen molar-refractivity contribution in [2.75, 3.05) is 6.61 Å². The Hall–Kier alpha value is -1.66. The van der Waals surface area contributed by atoms with Gasteiger partial charge in [0.05, 0.1) is 12.2 Å². The van der Waals surface area contributed by atoms with E-state index in [9.17, 15) is 14.7 Å². The Balaban J connectivity index is -0.000000221. The summed E-state index contributed by atoms with van der Waals surface area (Å²) in [5, 5.41) is 33.5. The van der Waals surface area contributed by atoms with Crippen LogP contribution in [0.2, 0.25) is 0 Å². The van der Waals surface area contributed by atoms with Gasteiger partial charge < -0.3 is 20.4 Å². The van der Waals surface area contributed by atoms with E-state index < -0.39 is 17.5 Å². The van der Waals surface area contributed by atoms with E-state index in [0.29, 0.717) is 12.8 Å². The van der Waals surface area contributed by atoms with Crippen LogP contribution in [0, 0.1) is 0 Å². The first-order valence-electron chi connectivity index (χ1n) is 6.08. The van der Waals surface area contributed by atoms with Crippen LogP contribution in [-0.2, 0) is 9.59 Å². The summed E-state index contributed by atoms with van der Waals surface area (Å²) in [7, 11) is 0. The minimum atomic E-state index is -0.935. The van der Waals surface area contributed by atoms with Crippen LogP contribution in [0.4, 0.5) is 0 Å². The lowest BCUT2D eigenvalue weighted by atomic mass is 9.99. The lowest BCUT2D eigenvalue weighted by Gasteiger charge is -2.21. The molecule has 0 aromatic carbocycles. The zero-order valence-electron chi connectivity index (χ0n) is 12.6. The molecule has 0 radical (unpaired) electrons. The van der Waals surface area contributed by atoms with Gasteiger partial charge in [0, 0.05) is 11.1 Å². The Bertz CT molecular complexity index is 272. The van der Waals surface area contributed by atoms with Crippen molar-refractivity contribution >= 4 is 11.9 Å². The minimum Gasteiger partial charge on any atom is -0.478 e. The fourth-order valence-electron chi connectivity index (χ4n) is 0.474. The summed E-state index contributed by atoms with van der Waals surface area (Å²) >= 11 is 0. The molecule has 0 aromatic heterocycles. The first-order valence-corrected chi connectivity index (χ1v) is 6.08. The van der Waals surface area contributed by atoms with E-state index in [0.717, 1.165) is 0 Å². The molecule has 0 aliphatic heterocycles. The summed E-state index contributed by atoms with van der Waals surface area (Å²) in [6.45, 7) is 12.8. The van der Waals surface area contributed by atoms with Gasteiger partial charge in [0.25, 0.3) is 0 Å². The molecule has 0 saturated carbocycles. The summed E-state index contributed by atoms with van der Waals surface area (Å²) in [5.74, 6) is -1.87. The third-order valence-electron chi connectivity index (χ3n) is 2.34. The van der Waals surface area contributed by atoms with Crippen molar-refractivity contribution in [2.45, 2.75) is 46.1 Å².